The van der Waals surface area contributed by atoms with E-state index in [-0.39, 0.29) is 23.5 Å². The van der Waals surface area contributed by atoms with Crippen LogP contribution in [0.3, 0.4) is 0 Å². The van der Waals surface area contributed by atoms with E-state index in [1.165, 1.54) is 12.3 Å². The highest BCUT2D eigenvalue weighted by Crippen LogP contribution is 2.34. The Hall–Kier alpha value is -4.66. The number of para-hydroxylation sites is 2. The Bertz CT molecular complexity index is 1550. The third-order valence-electron chi connectivity index (χ3n) is 8.33. The van der Waals surface area contributed by atoms with E-state index < -0.39 is 5.60 Å². The first-order valence-electron chi connectivity index (χ1n) is 15.5. The Labute approximate surface area is 264 Å². The van der Waals surface area contributed by atoms with Crippen molar-refractivity contribution in [1.82, 2.24) is 14.9 Å². The Morgan fingerprint density at radius 2 is 1.84 bits per heavy atom. The Balaban J connectivity index is 1.33. The van der Waals surface area contributed by atoms with Crippen molar-refractivity contribution in [3.8, 4) is 11.8 Å². The minimum atomic E-state index is -0.548. The van der Waals surface area contributed by atoms with Crippen molar-refractivity contribution in [1.29, 1.82) is 5.26 Å². The molecule has 0 bridgehead atoms. The van der Waals surface area contributed by atoms with Gasteiger partial charge in [-0.05, 0) is 82.9 Å². The molecular formula is C34H42N8O3. The van der Waals surface area contributed by atoms with Crippen molar-refractivity contribution in [3.05, 3.63) is 66.9 Å². The van der Waals surface area contributed by atoms with Gasteiger partial charge in [-0.1, -0.05) is 18.7 Å². The Kier molecular flexibility index (Phi) is 9.86. The number of nitriles is 1. The van der Waals surface area contributed by atoms with Crippen molar-refractivity contribution in [3.63, 3.8) is 0 Å². The monoisotopic (exact) mass is 610 g/mol. The summed E-state index contributed by atoms with van der Waals surface area (Å²) in [4.78, 5) is 26.2. The van der Waals surface area contributed by atoms with Crippen LogP contribution < -0.4 is 25.6 Å². The van der Waals surface area contributed by atoms with Gasteiger partial charge in [-0.3, -0.25) is 4.79 Å². The lowest BCUT2D eigenvalue weighted by Gasteiger charge is -2.44. The zero-order chi connectivity index (χ0) is 32.0. The minimum Gasteiger partial charge on any atom is -0.489 e. The van der Waals surface area contributed by atoms with Gasteiger partial charge in [0.15, 0.2) is 5.82 Å². The van der Waals surface area contributed by atoms with Crippen LogP contribution in [0.15, 0.2) is 61.3 Å². The molecule has 2 aliphatic rings. The van der Waals surface area contributed by atoms with Gasteiger partial charge in [-0.15, -0.1) is 0 Å². The predicted molar refractivity (Wildman–Crippen MR) is 177 cm³/mol. The molecule has 11 nitrogen and oxygen atoms in total. The molecule has 2 fully saturated rings. The molecule has 3 heterocycles. The molecule has 0 unspecified atom stereocenters. The van der Waals surface area contributed by atoms with E-state index in [4.69, 9.17) is 4.74 Å². The highest BCUT2D eigenvalue weighted by molar-refractivity contribution is 6.02. The number of likely N-dealkylation sites (tertiary alicyclic amines) is 1. The number of ether oxygens (including phenoxy) is 1. The van der Waals surface area contributed by atoms with Gasteiger partial charge in [0.2, 0.25) is 11.9 Å². The number of benzene rings is 2. The molecule has 2 saturated heterocycles. The van der Waals surface area contributed by atoms with E-state index in [2.05, 4.69) is 48.4 Å². The highest BCUT2D eigenvalue weighted by Gasteiger charge is 2.32. The van der Waals surface area contributed by atoms with Crippen LogP contribution in [0.5, 0.6) is 5.75 Å². The molecule has 0 atom stereocenters. The van der Waals surface area contributed by atoms with Crippen LogP contribution in [-0.4, -0.2) is 69.8 Å². The van der Waals surface area contributed by atoms with E-state index in [1.807, 2.05) is 63.2 Å². The van der Waals surface area contributed by atoms with E-state index in [0.717, 1.165) is 57.5 Å². The first-order chi connectivity index (χ1) is 21.6. The number of rotatable bonds is 10. The summed E-state index contributed by atoms with van der Waals surface area (Å²) in [7, 11) is 0. The highest BCUT2D eigenvalue weighted by atomic mass is 16.5. The Morgan fingerprint density at radius 1 is 1.11 bits per heavy atom. The zero-order valence-electron chi connectivity index (χ0n) is 26.2. The topological polar surface area (TPSA) is 139 Å². The van der Waals surface area contributed by atoms with E-state index in [0.29, 0.717) is 34.7 Å². The van der Waals surface area contributed by atoms with Crippen molar-refractivity contribution in [2.75, 3.05) is 47.0 Å². The van der Waals surface area contributed by atoms with E-state index in [9.17, 15) is 15.2 Å². The summed E-state index contributed by atoms with van der Waals surface area (Å²) in [6, 6.07) is 16.0. The fourth-order valence-corrected chi connectivity index (χ4v) is 5.78. The maximum Gasteiger partial charge on any atom is 0.247 e. The number of anilines is 6. The summed E-state index contributed by atoms with van der Waals surface area (Å²) in [5.41, 5.74) is 2.57. The standard InChI is InChI=1S/C34H42N8O3/c1-5-31(43)37-29-20-26(41-16-12-25(13-17-41)42-18-14-34(4,44)15-19-42)10-11-27(29)39-33-36-22-24(21-35)32(40-33)38-28-8-6-7-9-30(28)45-23(2)3/h5-11,20,22-23,25,44H,1,12-19H2,2-4H3,(H,37,43)(H2,36,38,39,40). The molecular weight excluding hydrogens is 568 g/mol. The number of carbonyl (C=O) groups excluding carboxylic acids is 1. The number of aromatic nitrogens is 2. The third-order valence-corrected chi connectivity index (χ3v) is 8.33. The summed E-state index contributed by atoms with van der Waals surface area (Å²) < 4.78 is 5.92. The molecule has 2 aromatic carbocycles. The molecule has 0 spiro atoms. The molecule has 3 aromatic rings. The summed E-state index contributed by atoms with van der Waals surface area (Å²) in [6.45, 7) is 13.1. The first-order valence-corrected chi connectivity index (χ1v) is 15.5. The molecule has 45 heavy (non-hydrogen) atoms. The number of aliphatic hydroxyl groups is 1. The molecule has 0 radical (unpaired) electrons. The number of hydrogen-bond acceptors (Lipinski definition) is 10. The van der Waals surface area contributed by atoms with Crippen LogP contribution >= 0.6 is 0 Å². The normalized spacial score (nSPS) is 16.9. The maximum atomic E-state index is 12.4. The van der Waals surface area contributed by atoms with Gasteiger partial charge >= 0.3 is 0 Å². The molecule has 11 heteroatoms. The number of hydrogen-bond donors (Lipinski definition) is 4. The lowest BCUT2D eigenvalue weighted by Crippen LogP contribution is -2.50. The SMILES string of the molecule is C=CC(=O)Nc1cc(N2CCC(N3CCC(C)(O)CC3)CC2)ccc1Nc1ncc(C#N)c(Nc2ccccc2OC(C)C)n1. The van der Waals surface area contributed by atoms with Crippen LogP contribution in [0.4, 0.5) is 34.5 Å². The second-order valence-corrected chi connectivity index (χ2v) is 12.2. The van der Waals surface area contributed by atoms with Crippen molar-refractivity contribution in [2.45, 2.75) is 64.2 Å². The second-order valence-electron chi connectivity index (χ2n) is 12.2. The summed E-state index contributed by atoms with van der Waals surface area (Å²) in [6.07, 6.45) is 6.36. The number of piperidine rings is 2. The average Bonchev–Trinajstić information content (AvgIpc) is 3.03. The van der Waals surface area contributed by atoms with Gasteiger partial charge in [0, 0.05) is 37.9 Å². The molecule has 1 amide bonds. The average molecular weight is 611 g/mol. The number of nitrogens with zero attached hydrogens (tertiary/aromatic N) is 5. The van der Waals surface area contributed by atoms with Crippen molar-refractivity contribution < 1.29 is 14.6 Å². The number of nitrogens with one attached hydrogen (secondary N) is 3. The second kappa shape index (κ2) is 14.0. The van der Waals surface area contributed by atoms with E-state index >= 15 is 0 Å². The molecule has 0 aliphatic carbocycles. The van der Waals surface area contributed by atoms with Gasteiger partial charge in [0.25, 0.3) is 0 Å². The van der Waals surface area contributed by atoms with Crippen LogP contribution in [-0.2, 0) is 4.79 Å². The van der Waals surface area contributed by atoms with Gasteiger partial charge in [0.1, 0.15) is 17.4 Å². The largest absolute Gasteiger partial charge is 0.489 e. The lowest BCUT2D eigenvalue weighted by molar-refractivity contribution is -0.111. The van der Waals surface area contributed by atoms with Gasteiger partial charge in [-0.25, -0.2) is 4.98 Å². The molecule has 4 N–H and O–H groups in total. The van der Waals surface area contributed by atoms with Crippen LogP contribution in [0.1, 0.15) is 52.0 Å². The summed E-state index contributed by atoms with van der Waals surface area (Å²) >= 11 is 0. The molecule has 236 valence electrons. The van der Waals surface area contributed by atoms with Crippen molar-refractivity contribution in [2.24, 2.45) is 0 Å². The lowest BCUT2D eigenvalue weighted by atomic mass is 9.91. The van der Waals surface area contributed by atoms with Crippen LogP contribution in [0.2, 0.25) is 0 Å². The number of carbonyl (C=O) groups is 1. The summed E-state index contributed by atoms with van der Waals surface area (Å²) in [5, 5.41) is 29.4. The van der Waals surface area contributed by atoms with Crippen LogP contribution in [0, 0.1) is 11.3 Å². The first kappa shape index (κ1) is 31.8. The maximum absolute atomic E-state index is 12.4. The van der Waals surface area contributed by atoms with Gasteiger partial charge < -0.3 is 35.6 Å². The zero-order valence-corrected chi connectivity index (χ0v) is 26.2. The van der Waals surface area contributed by atoms with Gasteiger partial charge in [-0.2, -0.15) is 10.2 Å². The fraction of sp³-hybridized carbons (Fsp3) is 0.412. The van der Waals surface area contributed by atoms with Crippen molar-refractivity contribution >= 4 is 40.4 Å². The van der Waals surface area contributed by atoms with Gasteiger partial charge in [0.05, 0.1) is 35.0 Å². The number of amides is 1. The van der Waals surface area contributed by atoms with E-state index in [1.54, 1.807) is 0 Å². The minimum absolute atomic E-state index is 0.0297. The smallest absolute Gasteiger partial charge is 0.247 e. The molecule has 5 rings (SSSR count). The summed E-state index contributed by atoms with van der Waals surface area (Å²) in [5.74, 6) is 0.882. The third kappa shape index (κ3) is 8.09. The van der Waals surface area contributed by atoms with Crippen LogP contribution in [0.25, 0.3) is 0 Å². The predicted octanol–water partition coefficient (Wildman–Crippen LogP) is 5.56. The quantitative estimate of drug-likeness (QED) is 0.216. The molecule has 2 aliphatic heterocycles. The molecule has 0 saturated carbocycles. The Morgan fingerprint density at radius 3 is 2.53 bits per heavy atom. The molecule has 1 aromatic heterocycles. The fourth-order valence-electron chi connectivity index (χ4n) is 5.78.